The van der Waals surface area contributed by atoms with Crippen LogP contribution in [0.25, 0.3) is 0 Å². The predicted octanol–water partition coefficient (Wildman–Crippen LogP) is 3.22. The molecule has 1 N–H and O–H groups in total. The maximum atomic E-state index is 6.08. The van der Waals surface area contributed by atoms with Gasteiger partial charge >= 0.3 is 0 Å². The minimum Gasteiger partial charge on any atom is -0.444 e. The summed E-state index contributed by atoms with van der Waals surface area (Å²) in [4.78, 5) is 12.9. The lowest BCUT2D eigenvalue weighted by molar-refractivity contribution is 0.478. The lowest BCUT2D eigenvalue weighted by atomic mass is 10.3. The van der Waals surface area contributed by atoms with Gasteiger partial charge < -0.3 is 9.73 Å². The van der Waals surface area contributed by atoms with Gasteiger partial charge in [0, 0.05) is 12.0 Å². The van der Waals surface area contributed by atoms with E-state index in [0.717, 1.165) is 35.1 Å². The number of hydrogen-bond donors (Lipinski definition) is 1. The third kappa shape index (κ3) is 3.04. The largest absolute Gasteiger partial charge is 0.444 e. The molecule has 6 heteroatoms. The zero-order chi connectivity index (χ0) is 14.0. The maximum absolute atomic E-state index is 6.08. The van der Waals surface area contributed by atoms with Gasteiger partial charge in [0.2, 0.25) is 5.89 Å². The Morgan fingerprint density at radius 1 is 1.16 bits per heavy atom. The SMILES string of the molecule is CCc1nc(Cl)c(C)c(NCc2nc(C)c(C)o2)n1. The molecule has 0 saturated heterocycles. The molecular weight excluding hydrogens is 264 g/mol. The molecule has 2 aromatic rings. The fourth-order valence-electron chi connectivity index (χ4n) is 1.64. The van der Waals surface area contributed by atoms with E-state index in [1.54, 1.807) is 0 Å². The van der Waals surface area contributed by atoms with E-state index in [1.165, 1.54) is 0 Å². The molecule has 0 radical (unpaired) electrons. The second-order valence-corrected chi connectivity index (χ2v) is 4.72. The number of halogens is 1. The summed E-state index contributed by atoms with van der Waals surface area (Å²) in [5, 5.41) is 3.67. The first-order chi connectivity index (χ1) is 9.01. The summed E-state index contributed by atoms with van der Waals surface area (Å²) in [6.07, 6.45) is 0.742. The van der Waals surface area contributed by atoms with Crippen molar-refractivity contribution in [2.45, 2.75) is 40.7 Å². The fraction of sp³-hybridized carbons (Fsp3) is 0.462. The topological polar surface area (TPSA) is 63.8 Å². The second-order valence-electron chi connectivity index (χ2n) is 4.36. The minimum absolute atomic E-state index is 0.478. The molecule has 0 fully saturated rings. The molecule has 19 heavy (non-hydrogen) atoms. The highest BCUT2D eigenvalue weighted by Crippen LogP contribution is 2.20. The van der Waals surface area contributed by atoms with Gasteiger partial charge in [-0.3, -0.25) is 0 Å². The summed E-state index contributed by atoms with van der Waals surface area (Å²) in [6, 6.07) is 0. The van der Waals surface area contributed by atoms with Crippen LogP contribution in [0.5, 0.6) is 0 Å². The van der Waals surface area contributed by atoms with Crippen LogP contribution in [0.3, 0.4) is 0 Å². The normalized spacial score (nSPS) is 10.8. The van der Waals surface area contributed by atoms with E-state index in [1.807, 2.05) is 27.7 Å². The van der Waals surface area contributed by atoms with Crippen LogP contribution < -0.4 is 5.32 Å². The number of oxazole rings is 1. The number of nitrogens with zero attached hydrogens (tertiary/aromatic N) is 3. The molecule has 0 aromatic carbocycles. The Morgan fingerprint density at radius 3 is 2.47 bits per heavy atom. The summed E-state index contributed by atoms with van der Waals surface area (Å²) in [5.41, 5.74) is 1.74. The van der Waals surface area contributed by atoms with Crippen molar-refractivity contribution in [1.29, 1.82) is 0 Å². The van der Waals surface area contributed by atoms with Crippen molar-refractivity contribution in [1.82, 2.24) is 15.0 Å². The highest BCUT2D eigenvalue weighted by molar-refractivity contribution is 6.30. The van der Waals surface area contributed by atoms with E-state index < -0.39 is 0 Å². The summed E-state index contributed by atoms with van der Waals surface area (Å²) in [5.74, 6) is 2.92. The van der Waals surface area contributed by atoms with Crippen LogP contribution in [-0.2, 0) is 13.0 Å². The fourth-order valence-corrected chi connectivity index (χ4v) is 1.82. The van der Waals surface area contributed by atoms with Crippen molar-refractivity contribution < 1.29 is 4.42 Å². The van der Waals surface area contributed by atoms with E-state index in [4.69, 9.17) is 16.0 Å². The predicted molar refractivity (Wildman–Crippen MR) is 74.5 cm³/mol. The molecule has 5 nitrogen and oxygen atoms in total. The lowest BCUT2D eigenvalue weighted by Gasteiger charge is -2.09. The molecule has 0 amide bonds. The molecule has 0 aliphatic heterocycles. The highest BCUT2D eigenvalue weighted by Gasteiger charge is 2.10. The average molecular weight is 281 g/mol. The number of anilines is 1. The highest BCUT2D eigenvalue weighted by atomic mass is 35.5. The number of aryl methyl sites for hydroxylation is 3. The first kappa shape index (κ1) is 13.8. The Hall–Kier alpha value is -1.62. The minimum atomic E-state index is 0.478. The van der Waals surface area contributed by atoms with Crippen LogP contribution in [0.15, 0.2) is 4.42 Å². The second kappa shape index (κ2) is 5.57. The van der Waals surface area contributed by atoms with E-state index in [0.29, 0.717) is 17.6 Å². The summed E-state index contributed by atoms with van der Waals surface area (Å²) < 4.78 is 5.51. The molecule has 0 spiro atoms. The van der Waals surface area contributed by atoms with Crippen LogP contribution in [0, 0.1) is 20.8 Å². The smallest absolute Gasteiger partial charge is 0.213 e. The molecule has 0 saturated carbocycles. The van der Waals surface area contributed by atoms with Crippen molar-refractivity contribution in [3.8, 4) is 0 Å². The van der Waals surface area contributed by atoms with Gasteiger partial charge in [-0.15, -0.1) is 0 Å². The average Bonchev–Trinajstić information content (AvgIpc) is 2.70. The van der Waals surface area contributed by atoms with Gasteiger partial charge in [-0.2, -0.15) is 0 Å². The molecule has 0 aliphatic carbocycles. The summed E-state index contributed by atoms with van der Waals surface area (Å²) in [6.45, 7) is 8.17. The quantitative estimate of drug-likeness (QED) is 0.871. The van der Waals surface area contributed by atoms with Crippen LogP contribution in [0.4, 0.5) is 5.82 Å². The van der Waals surface area contributed by atoms with Crippen LogP contribution in [0.1, 0.15) is 35.7 Å². The Bertz CT molecular complexity index is 575. The molecule has 0 atom stereocenters. The first-order valence-electron chi connectivity index (χ1n) is 6.21. The molecule has 2 rings (SSSR count). The third-order valence-electron chi connectivity index (χ3n) is 2.93. The van der Waals surface area contributed by atoms with E-state index >= 15 is 0 Å². The Kier molecular flexibility index (Phi) is 4.04. The number of nitrogens with one attached hydrogen (secondary N) is 1. The van der Waals surface area contributed by atoms with Crippen molar-refractivity contribution in [3.05, 3.63) is 33.9 Å². The molecule has 2 aromatic heterocycles. The number of aromatic nitrogens is 3. The van der Waals surface area contributed by atoms with Crippen molar-refractivity contribution in [2.75, 3.05) is 5.32 Å². The Balaban J connectivity index is 2.17. The number of rotatable bonds is 4. The Morgan fingerprint density at radius 2 is 1.89 bits per heavy atom. The summed E-state index contributed by atoms with van der Waals surface area (Å²) >= 11 is 6.08. The van der Waals surface area contributed by atoms with Crippen molar-refractivity contribution in [2.24, 2.45) is 0 Å². The third-order valence-corrected chi connectivity index (χ3v) is 3.30. The summed E-state index contributed by atoms with van der Waals surface area (Å²) in [7, 11) is 0. The monoisotopic (exact) mass is 280 g/mol. The zero-order valence-electron chi connectivity index (χ0n) is 11.5. The van der Waals surface area contributed by atoms with E-state index in [2.05, 4.69) is 20.3 Å². The van der Waals surface area contributed by atoms with Gasteiger partial charge in [0.1, 0.15) is 22.6 Å². The molecular formula is C13H17ClN4O. The molecule has 0 bridgehead atoms. The Labute approximate surface area is 117 Å². The van der Waals surface area contributed by atoms with Gasteiger partial charge in [-0.1, -0.05) is 18.5 Å². The van der Waals surface area contributed by atoms with Crippen molar-refractivity contribution in [3.63, 3.8) is 0 Å². The van der Waals surface area contributed by atoms with Crippen molar-refractivity contribution >= 4 is 17.4 Å². The van der Waals surface area contributed by atoms with Crippen LogP contribution in [-0.4, -0.2) is 15.0 Å². The first-order valence-corrected chi connectivity index (χ1v) is 6.58. The van der Waals surface area contributed by atoms with Crippen LogP contribution >= 0.6 is 11.6 Å². The van der Waals surface area contributed by atoms with Gasteiger partial charge in [0.05, 0.1) is 12.2 Å². The van der Waals surface area contributed by atoms with Gasteiger partial charge in [-0.25, -0.2) is 15.0 Å². The van der Waals surface area contributed by atoms with Gasteiger partial charge in [0.25, 0.3) is 0 Å². The van der Waals surface area contributed by atoms with Gasteiger partial charge in [-0.05, 0) is 20.8 Å². The lowest BCUT2D eigenvalue weighted by Crippen LogP contribution is -2.07. The molecule has 102 valence electrons. The van der Waals surface area contributed by atoms with Crippen LogP contribution in [0.2, 0.25) is 5.15 Å². The van der Waals surface area contributed by atoms with E-state index in [9.17, 15) is 0 Å². The zero-order valence-corrected chi connectivity index (χ0v) is 12.3. The standard InChI is InChI=1S/C13H17ClN4O/c1-5-10-17-12(14)7(2)13(18-10)15-6-11-16-8(3)9(4)19-11/h5-6H2,1-4H3,(H,15,17,18). The number of hydrogen-bond acceptors (Lipinski definition) is 5. The van der Waals surface area contributed by atoms with E-state index in [-0.39, 0.29) is 0 Å². The van der Waals surface area contributed by atoms with Gasteiger partial charge in [0.15, 0.2) is 0 Å². The molecule has 0 aliphatic rings. The molecule has 2 heterocycles. The maximum Gasteiger partial charge on any atom is 0.213 e. The molecule has 0 unspecified atom stereocenters.